The normalized spacial score (nSPS) is 8.80. The number of nitrogens with zero attached hydrogens (tertiary/aromatic N) is 1. The van der Waals surface area contributed by atoms with Gasteiger partial charge in [-0.2, -0.15) is 16.6 Å². The lowest BCUT2D eigenvalue weighted by Gasteiger charge is -1.94. The molecule has 10 heavy (non-hydrogen) atoms. The summed E-state index contributed by atoms with van der Waals surface area (Å²) in [5, 5.41) is 14.9. The Labute approximate surface area is 64.1 Å². The molecule has 0 aliphatic rings. The Morgan fingerprint density at radius 1 is 1.70 bits per heavy atom. The van der Waals surface area contributed by atoms with Crippen molar-refractivity contribution in [3.63, 3.8) is 0 Å². The summed E-state index contributed by atoms with van der Waals surface area (Å²) in [7, 11) is 0. The lowest BCUT2D eigenvalue weighted by Crippen LogP contribution is -2.04. The number of nitriles is 1. The van der Waals surface area contributed by atoms with Crippen molar-refractivity contribution in [2.75, 3.05) is 0 Å². The maximum atomic E-state index is 8.20. The van der Waals surface area contributed by atoms with Crippen LogP contribution in [0.4, 0.5) is 0 Å². The summed E-state index contributed by atoms with van der Waals surface area (Å²) in [4.78, 5) is 0. The van der Waals surface area contributed by atoms with E-state index in [-0.39, 0.29) is 0 Å². The van der Waals surface area contributed by atoms with E-state index in [4.69, 9.17) is 5.26 Å². The van der Waals surface area contributed by atoms with Gasteiger partial charge in [0.1, 0.15) is 0 Å². The van der Waals surface area contributed by atoms with Gasteiger partial charge in [-0.15, -0.1) is 0 Å². The average molecular weight is 152 g/mol. The molecular formula is C7H8N2S. The molecule has 1 aromatic heterocycles. The minimum Gasteiger partial charge on any atom is -0.319 e. The van der Waals surface area contributed by atoms with Crippen molar-refractivity contribution >= 4 is 11.3 Å². The zero-order chi connectivity index (χ0) is 7.40. The maximum Gasteiger partial charge on any atom is 0.176 e. The number of nitrogens with one attached hydrogen (secondary N) is 1. The molecule has 0 aliphatic carbocycles. The SMILES string of the molecule is Cc1cscc1CNC#N. The molecule has 1 heterocycles. The zero-order valence-corrected chi connectivity index (χ0v) is 6.53. The fraction of sp³-hybridized carbons (Fsp3) is 0.286. The van der Waals surface area contributed by atoms with E-state index in [0.717, 1.165) is 0 Å². The van der Waals surface area contributed by atoms with Crippen LogP contribution in [-0.2, 0) is 6.54 Å². The Hall–Kier alpha value is -1.01. The van der Waals surface area contributed by atoms with Gasteiger partial charge in [-0.3, -0.25) is 0 Å². The molecule has 0 radical (unpaired) electrons. The minimum absolute atomic E-state index is 0.659. The quantitative estimate of drug-likeness (QED) is 0.516. The van der Waals surface area contributed by atoms with Gasteiger partial charge in [-0.1, -0.05) is 0 Å². The lowest BCUT2D eigenvalue weighted by atomic mass is 10.2. The Bertz CT molecular complexity index is 246. The Morgan fingerprint density at radius 3 is 3.00 bits per heavy atom. The second-order valence-electron chi connectivity index (χ2n) is 2.05. The molecule has 0 aliphatic heterocycles. The first-order valence-electron chi connectivity index (χ1n) is 2.98. The predicted octanol–water partition coefficient (Wildman–Crippen LogP) is 1.63. The molecule has 0 fully saturated rings. The summed E-state index contributed by atoms with van der Waals surface area (Å²) in [6, 6.07) is 0. The molecule has 3 heteroatoms. The summed E-state index contributed by atoms with van der Waals surface area (Å²) in [5.74, 6) is 0. The summed E-state index contributed by atoms with van der Waals surface area (Å²) >= 11 is 1.67. The molecule has 0 atom stereocenters. The fourth-order valence-corrected chi connectivity index (χ4v) is 1.56. The van der Waals surface area contributed by atoms with E-state index < -0.39 is 0 Å². The van der Waals surface area contributed by atoms with Crippen molar-refractivity contribution in [2.24, 2.45) is 0 Å². The highest BCUT2D eigenvalue weighted by Crippen LogP contribution is 2.12. The largest absolute Gasteiger partial charge is 0.319 e. The van der Waals surface area contributed by atoms with Crippen LogP contribution < -0.4 is 5.32 Å². The smallest absolute Gasteiger partial charge is 0.176 e. The number of hydrogen-bond donors (Lipinski definition) is 1. The van der Waals surface area contributed by atoms with Gasteiger partial charge in [0.15, 0.2) is 6.19 Å². The van der Waals surface area contributed by atoms with Gasteiger partial charge in [0, 0.05) is 0 Å². The molecule has 52 valence electrons. The van der Waals surface area contributed by atoms with E-state index in [9.17, 15) is 0 Å². The number of rotatable bonds is 2. The highest BCUT2D eigenvalue weighted by molar-refractivity contribution is 7.08. The van der Waals surface area contributed by atoms with E-state index >= 15 is 0 Å². The van der Waals surface area contributed by atoms with E-state index in [1.54, 1.807) is 11.3 Å². The van der Waals surface area contributed by atoms with Gasteiger partial charge in [-0.25, -0.2) is 0 Å². The molecule has 0 amide bonds. The van der Waals surface area contributed by atoms with Crippen LogP contribution in [0, 0.1) is 18.4 Å². The molecule has 1 aromatic rings. The zero-order valence-electron chi connectivity index (χ0n) is 5.72. The maximum absolute atomic E-state index is 8.20. The first kappa shape index (κ1) is 7.10. The van der Waals surface area contributed by atoms with Crippen LogP contribution in [0.25, 0.3) is 0 Å². The molecule has 1 rings (SSSR count). The monoisotopic (exact) mass is 152 g/mol. The number of hydrogen-bond acceptors (Lipinski definition) is 3. The number of thiophene rings is 1. The van der Waals surface area contributed by atoms with Gasteiger partial charge >= 0.3 is 0 Å². The Morgan fingerprint density at radius 2 is 2.50 bits per heavy atom. The van der Waals surface area contributed by atoms with E-state index in [1.807, 2.05) is 13.1 Å². The summed E-state index contributed by atoms with van der Waals surface area (Å²) < 4.78 is 0. The van der Waals surface area contributed by atoms with Gasteiger partial charge < -0.3 is 5.32 Å². The van der Waals surface area contributed by atoms with Gasteiger partial charge in [0.25, 0.3) is 0 Å². The van der Waals surface area contributed by atoms with Crippen molar-refractivity contribution in [3.05, 3.63) is 21.9 Å². The van der Waals surface area contributed by atoms with Gasteiger partial charge in [0.05, 0.1) is 6.54 Å². The predicted molar refractivity (Wildman–Crippen MR) is 41.5 cm³/mol. The third-order valence-electron chi connectivity index (χ3n) is 1.32. The molecule has 0 saturated heterocycles. The van der Waals surface area contributed by atoms with Crippen molar-refractivity contribution in [3.8, 4) is 6.19 Å². The second kappa shape index (κ2) is 3.23. The van der Waals surface area contributed by atoms with E-state index in [0.29, 0.717) is 6.54 Å². The van der Waals surface area contributed by atoms with Crippen LogP contribution in [0.2, 0.25) is 0 Å². The van der Waals surface area contributed by atoms with Gasteiger partial charge in [-0.05, 0) is 28.8 Å². The van der Waals surface area contributed by atoms with Crippen LogP contribution >= 0.6 is 11.3 Å². The highest BCUT2D eigenvalue weighted by atomic mass is 32.1. The highest BCUT2D eigenvalue weighted by Gasteiger charge is 1.95. The van der Waals surface area contributed by atoms with Crippen molar-refractivity contribution in [1.82, 2.24) is 5.32 Å². The molecule has 0 saturated carbocycles. The van der Waals surface area contributed by atoms with Gasteiger partial charge in [0.2, 0.25) is 0 Å². The van der Waals surface area contributed by atoms with E-state index in [1.165, 1.54) is 11.1 Å². The molecule has 0 unspecified atom stereocenters. The molecule has 1 N–H and O–H groups in total. The van der Waals surface area contributed by atoms with Crippen LogP contribution in [0.15, 0.2) is 10.8 Å². The molecule has 0 spiro atoms. The van der Waals surface area contributed by atoms with Crippen LogP contribution in [0.3, 0.4) is 0 Å². The Balaban J connectivity index is 2.59. The van der Waals surface area contributed by atoms with Crippen molar-refractivity contribution < 1.29 is 0 Å². The third kappa shape index (κ3) is 1.49. The van der Waals surface area contributed by atoms with Crippen LogP contribution in [0.5, 0.6) is 0 Å². The first-order chi connectivity index (χ1) is 4.84. The second-order valence-corrected chi connectivity index (χ2v) is 2.79. The Kier molecular flexibility index (Phi) is 2.30. The van der Waals surface area contributed by atoms with Crippen molar-refractivity contribution in [1.29, 1.82) is 5.26 Å². The molecule has 0 aromatic carbocycles. The standard InChI is InChI=1S/C7H8N2S/c1-6-3-10-4-7(6)2-9-5-8/h3-4,9H,2H2,1H3. The summed E-state index contributed by atoms with van der Waals surface area (Å²) in [6.07, 6.45) is 1.89. The summed E-state index contributed by atoms with van der Waals surface area (Å²) in [6.45, 7) is 2.71. The summed E-state index contributed by atoms with van der Waals surface area (Å²) in [5.41, 5.74) is 2.47. The molecule has 0 bridgehead atoms. The first-order valence-corrected chi connectivity index (χ1v) is 3.92. The molecule has 2 nitrogen and oxygen atoms in total. The number of aryl methyl sites for hydroxylation is 1. The van der Waals surface area contributed by atoms with E-state index in [2.05, 4.69) is 16.1 Å². The topological polar surface area (TPSA) is 35.8 Å². The minimum atomic E-state index is 0.659. The van der Waals surface area contributed by atoms with Crippen LogP contribution in [-0.4, -0.2) is 0 Å². The fourth-order valence-electron chi connectivity index (χ4n) is 0.703. The third-order valence-corrected chi connectivity index (χ3v) is 2.23. The lowest BCUT2D eigenvalue weighted by molar-refractivity contribution is 0.881. The van der Waals surface area contributed by atoms with Crippen molar-refractivity contribution in [2.45, 2.75) is 13.5 Å². The van der Waals surface area contributed by atoms with Crippen LogP contribution in [0.1, 0.15) is 11.1 Å². The molecular weight excluding hydrogens is 144 g/mol. The average Bonchev–Trinajstić information content (AvgIpc) is 2.31.